The smallest absolute Gasteiger partial charge is 0.0395 e. The van der Waals surface area contributed by atoms with Crippen molar-refractivity contribution in [3.8, 4) is 0 Å². The van der Waals surface area contributed by atoms with E-state index in [9.17, 15) is 0 Å². The highest BCUT2D eigenvalue weighted by Gasteiger charge is 2.21. The molecule has 1 atom stereocenters. The number of fused-ring (bicyclic) bond motifs is 1. The average Bonchev–Trinajstić information content (AvgIpc) is 2.58. The number of rotatable bonds is 3. The summed E-state index contributed by atoms with van der Waals surface area (Å²) in [7, 11) is 0. The number of hydrogen-bond donors (Lipinski definition) is 0. The Morgan fingerprint density at radius 2 is 2.23 bits per heavy atom. The van der Waals surface area contributed by atoms with E-state index in [0.717, 1.165) is 5.25 Å². The van der Waals surface area contributed by atoms with Gasteiger partial charge >= 0.3 is 0 Å². The molecule has 0 N–H and O–H groups in total. The highest BCUT2D eigenvalue weighted by Crippen LogP contribution is 2.41. The van der Waals surface area contributed by atoms with Gasteiger partial charge in [-0.25, -0.2) is 0 Å². The molecule has 1 aliphatic rings. The van der Waals surface area contributed by atoms with Gasteiger partial charge in [-0.15, -0.1) is 11.8 Å². The molecule has 0 fully saturated rings. The summed E-state index contributed by atoms with van der Waals surface area (Å²) >= 11 is 4.02. The van der Waals surface area contributed by atoms with Crippen LogP contribution in [0.1, 0.15) is 22.8 Å². The monoisotopic (exact) mass is 210 g/mol. The first-order valence-electron chi connectivity index (χ1n) is 4.60. The van der Waals surface area contributed by atoms with Crippen LogP contribution < -0.4 is 0 Å². The second kappa shape index (κ2) is 4.43. The van der Waals surface area contributed by atoms with Crippen molar-refractivity contribution in [3.05, 3.63) is 35.4 Å². The van der Waals surface area contributed by atoms with Gasteiger partial charge in [-0.05, 0) is 30.2 Å². The Balaban J connectivity index is 2.09. The first kappa shape index (κ1) is 9.47. The lowest BCUT2D eigenvalue weighted by Crippen LogP contribution is -1.87. The fourth-order valence-electron chi connectivity index (χ4n) is 1.84. The third-order valence-corrected chi connectivity index (χ3v) is 4.84. The number of aryl methyl sites for hydroxylation is 1. The summed E-state index contributed by atoms with van der Waals surface area (Å²) in [6, 6.07) is 8.88. The quantitative estimate of drug-likeness (QED) is 0.697. The van der Waals surface area contributed by atoms with Crippen molar-refractivity contribution in [2.75, 3.05) is 11.3 Å². The molecule has 0 saturated heterocycles. The Morgan fingerprint density at radius 1 is 1.38 bits per heavy atom. The molecule has 0 saturated carbocycles. The second-order valence-electron chi connectivity index (χ2n) is 3.30. The zero-order valence-electron chi connectivity index (χ0n) is 7.82. The minimum atomic E-state index is 0.767. The van der Waals surface area contributed by atoms with E-state index in [2.05, 4.69) is 42.3 Å². The summed E-state index contributed by atoms with van der Waals surface area (Å²) in [5.41, 5.74) is 3.16. The fraction of sp³-hybridized carbons (Fsp3) is 0.455. The molecular formula is C11H14S2. The molecule has 0 aliphatic heterocycles. The minimum absolute atomic E-state index is 0.767. The highest BCUT2D eigenvalue weighted by atomic mass is 32.2. The van der Waals surface area contributed by atoms with Crippen LogP contribution in [0.25, 0.3) is 0 Å². The fourth-order valence-corrected chi connectivity index (χ4v) is 3.74. The number of thioether (sulfide) groups is 2. The Morgan fingerprint density at radius 3 is 3.08 bits per heavy atom. The van der Waals surface area contributed by atoms with Crippen molar-refractivity contribution < 1.29 is 0 Å². The van der Waals surface area contributed by atoms with Crippen molar-refractivity contribution in [2.24, 2.45) is 0 Å². The standard InChI is InChI=1S/C11H14S2/c1-12-8-13-11-7-6-9-4-2-3-5-10(9)11/h2-5,11H,6-8H2,1H3. The van der Waals surface area contributed by atoms with Crippen molar-refractivity contribution >= 4 is 23.5 Å². The molecule has 70 valence electrons. The van der Waals surface area contributed by atoms with Crippen LogP contribution in [0.5, 0.6) is 0 Å². The largest absolute Gasteiger partial charge is 0.154 e. The van der Waals surface area contributed by atoms with Gasteiger partial charge in [-0.2, -0.15) is 11.8 Å². The predicted molar refractivity (Wildman–Crippen MR) is 63.5 cm³/mol. The van der Waals surface area contributed by atoms with Gasteiger partial charge in [0.05, 0.1) is 0 Å². The molecule has 0 nitrogen and oxygen atoms in total. The second-order valence-corrected chi connectivity index (χ2v) is 5.72. The van der Waals surface area contributed by atoms with E-state index >= 15 is 0 Å². The number of benzene rings is 1. The average molecular weight is 210 g/mol. The Hall–Kier alpha value is -0.0800. The predicted octanol–water partition coefficient (Wildman–Crippen LogP) is 3.73. The van der Waals surface area contributed by atoms with Crippen LogP contribution in [-0.2, 0) is 6.42 Å². The molecule has 0 spiro atoms. The summed E-state index contributed by atoms with van der Waals surface area (Å²) in [5.74, 6) is 0. The molecule has 2 heteroatoms. The minimum Gasteiger partial charge on any atom is -0.154 e. The zero-order valence-corrected chi connectivity index (χ0v) is 9.46. The molecule has 2 rings (SSSR count). The topological polar surface area (TPSA) is 0 Å². The SMILES string of the molecule is CSCSC1CCc2ccccc21. The van der Waals surface area contributed by atoms with Gasteiger partial charge in [-0.1, -0.05) is 24.3 Å². The van der Waals surface area contributed by atoms with E-state index in [1.54, 1.807) is 11.1 Å². The third-order valence-electron chi connectivity index (χ3n) is 2.46. The Labute approximate surface area is 88.5 Å². The summed E-state index contributed by atoms with van der Waals surface area (Å²) in [5, 5.41) is 1.99. The van der Waals surface area contributed by atoms with E-state index in [4.69, 9.17) is 0 Å². The molecule has 0 radical (unpaired) electrons. The van der Waals surface area contributed by atoms with Crippen molar-refractivity contribution in [2.45, 2.75) is 18.1 Å². The summed E-state index contributed by atoms with van der Waals surface area (Å²) in [6.07, 6.45) is 4.79. The van der Waals surface area contributed by atoms with Crippen LogP contribution in [0, 0.1) is 0 Å². The van der Waals surface area contributed by atoms with E-state index < -0.39 is 0 Å². The zero-order chi connectivity index (χ0) is 9.10. The van der Waals surface area contributed by atoms with Crippen LogP contribution >= 0.6 is 23.5 Å². The lowest BCUT2D eigenvalue weighted by atomic mass is 10.1. The molecule has 0 aromatic heterocycles. The first-order chi connectivity index (χ1) is 6.42. The maximum atomic E-state index is 2.29. The molecule has 1 aliphatic carbocycles. The Kier molecular flexibility index (Phi) is 3.23. The van der Waals surface area contributed by atoms with Gasteiger partial charge < -0.3 is 0 Å². The number of hydrogen-bond acceptors (Lipinski definition) is 2. The molecule has 13 heavy (non-hydrogen) atoms. The Bertz CT molecular complexity index is 283. The van der Waals surface area contributed by atoms with E-state index in [1.165, 1.54) is 17.9 Å². The lowest BCUT2D eigenvalue weighted by Gasteiger charge is -2.09. The third kappa shape index (κ3) is 2.05. The highest BCUT2D eigenvalue weighted by molar-refractivity contribution is 8.15. The van der Waals surface area contributed by atoms with Crippen LogP contribution in [0.3, 0.4) is 0 Å². The van der Waals surface area contributed by atoms with Gasteiger partial charge in [0.15, 0.2) is 0 Å². The maximum absolute atomic E-state index is 2.29. The summed E-state index contributed by atoms with van der Waals surface area (Å²) in [4.78, 5) is 0. The molecule has 1 aromatic carbocycles. The van der Waals surface area contributed by atoms with Crippen LogP contribution in [0.15, 0.2) is 24.3 Å². The van der Waals surface area contributed by atoms with Crippen molar-refractivity contribution in [3.63, 3.8) is 0 Å². The van der Waals surface area contributed by atoms with E-state index in [-0.39, 0.29) is 0 Å². The van der Waals surface area contributed by atoms with Crippen molar-refractivity contribution in [1.29, 1.82) is 0 Å². The van der Waals surface area contributed by atoms with Gasteiger partial charge in [0, 0.05) is 10.3 Å². The van der Waals surface area contributed by atoms with Crippen LogP contribution in [0.4, 0.5) is 0 Å². The molecular weight excluding hydrogens is 196 g/mol. The van der Waals surface area contributed by atoms with Gasteiger partial charge in [-0.3, -0.25) is 0 Å². The van der Waals surface area contributed by atoms with Gasteiger partial charge in [0.1, 0.15) is 0 Å². The summed E-state index contributed by atoms with van der Waals surface area (Å²) in [6.45, 7) is 0. The molecule has 0 amide bonds. The first-order valence-corrected chi connectivity index (χ1v) is 7.04. The molecule has 1 aromatic rings. The van der Waals surface area contributed by atoms with Gasteiger partial charge in [0.25, 0.3) is 0 Å². The summed E-state index contributed by atoms with van der Waals surface area (Å²) < 4.78 is 0. The van der Waals surface area contributed by atoms with Crippen molar-refractivity contribution in [1.82, 2.24) is 0 Å². The lowest BCUT2D eigenvalue weighted by molar-refractivity contribution is 0.893. The van der Waals surface area contributed by atoms with E-state index in [0.29, 0.717) is 0 Å². The van der Waals surface area contributed by atoms with Gasteiger partial charge in [0.2, 0.25) is 0 Å². The molecule has 0 bridgehead atoms. The van der Waals surface area contributed by atoms with Crippen LogP contribution in [-0.4, -0.2) is 11.3 Å². The maximum Gasteiger partial charge on any atom is 0.0395 e. The molecule has 1 unspecified atom stereocenters. The van der Waals surface area contributed by atoms with Crippen LogP contribution in [0.2, 0.25) is 0 Å². The normalized spacial score (nSPS) is 20.2. The molecule has 0 heterocycles. The van der Waals surface area contributed by atoms with E-state index in [1.807, 2.05) is 11.8 Å².